The molecule has 0 amide bonds. The lowest BCUT2D eigenvalue weighted by Gasteiger charge is -2.21. The van der Waals surface area contributed by atoms with E-state index in [1.165, 1.54) is 19.8 Å². The number of hydrogen-bond donors (Lipinski definition) is 2. The average Bonchev–Trinajstić information content (AvgIpc) is 2.22. The van der Waals surface area contributed by atoms with Gasteiger partial charge in [0.05, 0.1) is 0 Å². The Balaban J connectivity index is 3.71. The van der Waals surface area contributed by atoms with E-state index in [-0.39, 0.29) is 12.0 Å². The predicted octanol–water partition coefficient (Wildman–Crippen LogP) is 2.49. The van der Waals surface area contributed by atoms with Crippen LogP contribution in [0.5, 0.6) is 0 Å². The molecule has 0 aromatic carbocycles. The first-order valence-electron chi connectivity index (χ1n) is 6.22. The first-order chi connectivity index (χ1) is 7.89. The van der Waals surface area contributed by atoms with Gasteiger partial charge in [-0.1, -0.05) is 45.6 Å². The number of hydrogen-bond acceptors (Lipinski definition) is 4. The first-order valence-corrected chi connectivity index (χ1v) is 6.22. The number of aliphatic hydroxyl groups is 2. The van der Waals surface area contributed by atoms with E-state index in [0.717, 1.165) is 19.3 Å². The molecule has 4 heteroatoms. The van der Waals surface area contributed by atoms with Gasteiger partial charge >= 0.3 is 11.9 Å². The summed E-state index contributed by atoms with van der Waals surface area (Å²) >= 11 is 0. The van der Waals surface area contributed by atoms with Gasteiger partial charge in [-0.15, -0.1) is 0 Å². The number of esters is 1. The maximum atomic E-state index is 11.1. The molecule has 0 unspecified atom stereocenters. The molecule has 0 atom stereocenters. The molecule has 0 spiro atoms. The van der Waals surface area contributed by atoms with Gasteiger partial charge in [-0.3, -0.25) is 0 Å². The third kappa shape index (κ3) is 8.89. The molecule has 0 rings (SSSR count). The van der Waals surface area contributed by atoms with Crippen LogP contribution in [0.25, 0.3) is 0 Å². The molecule has 4 nitrogen and oxygen atoms in total. The van der Waals surface area contributed by atoms with Crippen molar-refractivity contribution in [1.29, 1.82) is 0 Å². The van der Waals surface area contributed by atoms with Crippen LogP contribution >= 0.6 is 0 Å². The number of carbonyl (C=O) groups excluding carboxylic acids is 1. The highest BCUT2D eigenvalue weighted by Crippen LogP contribution is 2.16. The largest absolute Gasteiger partial charge is 0.405 e. The molecule has 0 saturated heterocycles. The lowest BCUT2D eigenvalue weighted by molar-refractivity contribution is -0.320. The van der Waals surface area contributed by atoms with Crippen LogP contribution in [0.15, 0.2) is 12.2 Å². The Kier molecular flexibility index (Phi) is 7.83. The summed E-state index contributed by atoms with van der Waals surface area (Å²) in [5.41, 5.74) is 0.153. The van der Waals surface area contributed by atoms with Crippen molar-refractivity contribution in [1.82, 2.24) is 0 Å². The van der Waals surface area contributed by atoms with E-state index < -0.39 is 11.9 Å². The van der Waals surface area contributed by atoms with E-state index in [1.54, 1.807) is 0 Å². The molecule has 2 N–H and O–H groups in total. The Labute approximate surface area is 103 Å². The minimum Gasteiger partial charge on any atom is -0.405 e. The maximum Gasteiger partial charge on any atom is 0.337 e. The molecule has 0 bridgehead atoms. The van der Waals surface area contributed by atoms with Crippen molar-refractivity contribution >= 4 is 5.97 Å². The standard InChI is InChI=1S/C13H24O4/c1-4-5-6-7-8-9-10-13(15,16)17-12(14)11(2)3/h15-16H,2,4-10H2,1,3H3. The molecular weight excluding hydrogens is 220 g/mol. The summed E-state index contributed by atoms with van der Waals surface area (Å²) in [5.74, 6) is -3.14. The number of ether oxygens (including phenoxy) is 1. The van der Waals surface area contributed by atoms with Gasteiger partial charge in [0.15, 0.2) is 0 Å². The molecule has 0 aromatic rings. The van der Waals surface area contributed by atoms with Gasteiger partial charge in [0.25, 0.3) is 0 Å². The van der Waals surface area contributed by atoms with Crippen LogP contribution in [0.2, 0.25) is 0 Å². The van der Waals surface area contributed by atoms with Crippen LogP contribution in [0, 0.1) is 0 Å². The second-order valence-corrected chi connectivity index (χ2v) is 4.43. The second-order valence-electron chi connectivity index (χ2n) is 4.43. The predicted molar refractivity (Wildman–Crippen MR) is 66.1 cm³/mol. The molecule has 0 fully saturated rings. The molecular formula is C13H24O4. The monoisotopic (exact) mass is 244 g/mol. The lowest BCUT2D eigenvalue weighted by Crippen LogP contribution is -2.34. The fourth-order valence-corrected chi connectivity index (χ4v) is 1.42. The summed E-state index contributed by atoms with van der Waals surface area (Å²) in [5, 5.41) is 18.8. The van der Waals surface area contributed by atoms with Crippen molar-refractivity contribution in [3.8, 4) is 0 Å². The van der Waals surface area contributed by atoms with E-state index in [4.69, 9.17) is 0 Å². The van der Waals surface area contributed by atoms with Crippen molar-refractivity contribution in [2.24, 2.45) is 0 Å². The van der Waals surface area contributed by atoms with Crippen molar-refractivity contribution < 1.29 is 19.7 Å². The molecule has 0 aliphatic heterocycles. The van der Waals surface area contributed by atoms with Gasteiger partial charge in [0.2, 0.25) is 0 Å². The Morgan fingerprint density at radius 1 is 1.18 bits per heavy atom. The van der Waals surface area contributed by atoms with Crippen molar-refractivity contribution in [3.63, 3.8) is 0 Å². The number of rotatable bonds is 9. The van der Waals surface area contributed by atoms with Crippen molar-refractivity contribution in [2.75, 3.05) is 0 Å². The van der Waals surface area contributed by atoms with Gasteiger partial charge < -0.3 is 14.9 Å². The van der Waals surface area contributed by atoms with Gasteiger partial charge in [0.1, 0.15) is 0 Å². The normalized spacial score (nSPS) is 11.3. The molecule has 0 aromatic heterocycles. The van der Waals surface area contributed by atoms with Crippen LogP contribution < -0.4 is 0 Å². The highest BCUT2D eigenvalue weighted by Gasteiger charge is 2.27. The SMILES string of the molecule is C=C(C)C(=O)OC(O)(O)CCCCCCCC. The van der Waals surface area contributed by atoms with E-state index in [0.29, 0.717) is 6.42 Å². The fourth-order valence-electron chi connectivity index (χ4n) is 1.42. The highest BCUT2D eigenvalue weighted by molar-refractivity contribution is 5.87. The van der Waals surface area contributed by atoms with Crippen LogP contribution in [-0.2, 0) is 9.53 Å². The Hall–Kier alpha value is -0.870. The summed E-state index contributed by atoms with van der Waals surface area (Å²) < 4.78 is 4.50. The third-order valence-corrected chi connectivity index (χ3v) is 2.46. The van der Waals surface area contributed by atoms with E-state index in [1.807, 2.05) is 0 Å². The topological polar surface area (TPSA) is 66.8 Å². The molecule has 100 valence electrons. The van der Waals surface area contributed by atoms with E-state index >= 15 is 0 Å². The first kappa shape index (κ1) is 16.1. The van der Waals surface area contributed by atoms with Crippen molar-refractivity contribution in [2.45, 2.75) is 64.8 Å². The highest BCUT2D eigenvalue weighted by atomic mass is 16.8. The maximum absolute atomic E-state index is 11.1. The van der Waals surface area contributed by atoms with Gasteiger partial charge in [0, 0.05) is 12.0 Å². The van der Waals surface area contributed by atoms with Crippen LogP contribution in [-0.4, -0.2) is 22.2 Å². The smallest absolute Gasteiger partial charge is 0.337 e. The number of carbonyl (C=O) groups is 1. The number of unbranched alkanes of at least 4 members (excludes halogenated alkanes) is 5. The lowest BCUT2D eigenvalue weighted by atomic mass is 10.1. The molecule has 0 aliphatic carbocycles. The van der Waals surface area contributed by atoms with Crippen LogP contribution in [0.3, 0.4) is 0 Å². The zero-order valence-electron chi connectivity index (χ0n) is 10.9. The minimum absolute atomic E-state index is 0.0398. The van der Waals surface area contributed by atoms with E-state index in [9.17, 15) is 15.0 Å². The summed E-state index contributed by atoms with van der Waals surface area (Å²) in [6.07, 6.45) is 6.18. The summed E-state index contributed by atoms with van der Waals surface area (Å²) in [6.45, 7) is 6.98. The molecule has 0 aliphatic rings. The summed E-state index contributed by atoms with van der Waals surface area (Å²) in [7, 11) is 0. The van der Waals surface area contributed by atoms with Crippen LogP contribution in [0.4, 0.5) is 0 Å². The molecule has 0 heterocycles. The molecule has 17 heavy (non-hydrogen) atoms. The Morgan fingerprint density at radius 3 is 2.24 bits per heavy atom. The van der Waals surface area contributed by atoms with E-state index in [2.05, 4.69) is 18.2 Å². The quantitative estimate of drug-likeness (QED) is 0.283. The molecule has 0 radical (unpaired) electrons. The van der Waals surface area contributed by atoms with Gasteiger partial charge in [-0.05, 0) is 13.3 Å². The fraction of sp³-hybridized carbons (Fsp3) is 0.769. The molecule has 0 saturated carbocycles. The third-order valence-electron chi connectivity index (χ3n) is 2.46. The zero-order valence-corrected chi connectivity index (χ0v) is 10.9. The summed E-state index contributed by atoms with van der Waals surface area (Å²) in [6, 6.07) is 0. The van der Waals surface area contributed by atoms with Gasteiger partial charge in [-0.2, -0.15) is 0 Å². The van der Waals surface area contributed by atoms with Gasteiger partial charge in [-0.25, -0.2) is 4.79 Å². The minimum atomic E-state index is -2.36. The Morgan fingerprint density at radius 2 is 1.71 bits per heavy atom. The van der Waals surface area contributed by atoms with Crippen LogP contribution in [0.1, 0.15) is 58.8 Å². The Bertz CT molecular complexity index is 246. The summed E-state index contributed by atoms with van der Waals surface area (Å²) in [4.78, 5) is 11.1. The zero-order chi connectivity index (χ0) is 13.3. The van der Waals surface area contributed by atoms with Crippen molar-refractivity contribution in [3.05, 3.63) is 12.2 Å². The average molecular weight is 244 g/mol. The second kappa shape index (κ2) is 8.25.